The second-order valence-electron chi connectivity index (χ2n) is 9.37. The fraction of sp³-hybridized carbons (Fsp3) is 0.520. The molecule has 5 rings (SSSR count). The first-order valence-corrected chi connectivity index (χ1v) is 10.8. The van der Waals surface area contributed by atoms with Gasteiger partial charge in [-0.15, -0.1) is 0 Å². The monoisotopic (exact) mass is 393 g/mol. The summed E-state index contributed by atoms with van der Waals surface area (Å²) < 4.78 is 13.2. The number of hydrogen-bond donors (Lipinski definition) is 1. The number of aliphatic hydroxyl groups excluding tert-OH is 1. The van der Waals surface area contributed by atoms with E-state index in [-0.39, 0.29) is 23.5 Å². The number of quaternary nitrogens is 1. The number of hydrogen-bond acceptors (Lipinski definition) is 3. The van der Waals surface area contributed by atoms with Gasteiger partial charge in [0, 0.05) is 24.3 Å². The summed E-state index contributed by atoms with van der Waals surface area (Å²) in [7, 11) is 4.09. The van der Waals surface area contributed by atoms with E-state index in [0.29, 0.717) is 6.42 Å². The summed E-state index contributed by atoms with van der Waals surface area (Å²) in [5, 5.41) is 10.3. The Hall–Kier alpha value is -1.97. The Morgan fingerprint density at radius 3 is 2.86 bits per heavy atom. The number of benzene rings is 1. The third-order valence-electron chi connectivity index (χ3n) is 7.56. The summed E-state index contributed by atoms with van der Waals surface area (Å²) in [4.78, 5) is 0. The van der Waals surface area contributed by atoms with Gasteiger partial charge in [-0.3, -0.25) is 0 Å². The molecule has 1 aromatic carbocycles. The maximum Gasteiger partial charge on any atom is 0.275 e. The summed E-state index contributed by atoms with van der Waals surface area (Å²) in [5.74, 6) is 1.03. The van der Waals surface area contributed by atoms with Crippen molar-refractivity contribution in [2.24, 2.45) is 11.3 Å². The highest BCUT2D eigenvalue weighted by molar-refractivity contribution is 5.36. The van der Waals surface area contributed by atoms with Crippen LogP contribution in [0.2, 0.25) is 0 Å². The molecule has 4 aliphatic rings. The molecule has 2 aliphatic heterocycles. The highest BCUT2D eigenvalue weighted by Gasteiger charge is 2.69. The van der Waals surface area contributed by atoms with E-state index in [1.54, 1.807) is 7.11 Å². The molecule has 0 aromatic heterocycles. The highest BCUT2D eigenvalue weighted by atomic mass is 16.5. The normalized spacial score (nSPS) is 40.5. The number of aliphatic hydroxyl groups is 1. The third kappa shape index (κ3) is 2.82. The predicted octanol–water partition coefficient (Wildman–Crippen LogP) is 3.74. The molecular formula is C25H31NO3+2. The molecule has 2 fully saturated rings. The van der Waals surface area contributed by atoms with Gasteiger partial charge in [0.2, 0.25) is 5.57 Å². The van der Waals surface area contributed by atoms with E-state index >= 15 is 0 Å². The smallest absolute Gasteiger partial charge is 0.275 e. The average Bonchev–Trinajstić information content (AvgIpc) is 2.95. The van der Waals surface area contributed by atoms with E-state index < -0.39 is 6.10 Å². The first kappa shape index (κ1) is 19.0. The van der Waals surface area contributed by atoms with Gasteiger partial charge in [-0.1, -0.05) is 42.5 Å². The Kier molecular flexibility index (Phi) is 4.45. The summed E-state index contributed by atoms with van der Waals surface area (Å²) >= 11 is 0. The lowest BCUT2D eigenvalue weighted by Crippen LogP contribution is -2.49. The van der Waals surface area contributed by atoms with Crippen molar-refractivity contribution >= 4 is 0 Å². The summed E-state index contributed by atoms with van der Waals surface area (Å²) in [6, 6.07) is 10.8. The molecule has 3 unspecified atom stereocenters. The second kappa shape index (κ2) is 6.78. The molecule has 2 aliphatic carbocycles. The number of ether oxygens (including phenoxy) is 2. The van der Waals surface area contributed by atoms with Gasteiger partial charge >= 0.3 is 0 Å². The van der Waals surface area contributed by atoms with Crippen molar-refractivity contribution in [3.63, 3.8) is 0 Å². The molecule has 0 bridgehead atoms. The first-order chi connectivity index (χ1) is 14.0. The van der Waals surface area contributed by atoms with E-state index in [0.717, 1.165) is 36.2 Å². The largest absolute Gasteiger partial charge is 0.474 e. The molecular weight excluding hydrogens is 362 g/mol. The summed E-state index contributed by atoms with van der Waals surface area (Å²) in [5.41, 5.74) is 3.90. The lowest BCUT2D eigenvalue weighted by molar-refractivity contribution is -0.889. The number of nitrogens with zero attached hydrogens (tertiary/aromatic N) is 1. The van der Waals surface area contributed by atoms with Gasteiger partial charge in [-0.2, -0.15) is 0 Å². The molecule has 1 aromatic rings. The maximum absolute atomic E-state index is 10.3. The van der Waals surface area contributed by atoms with Crippen LogP contribution in [0.15, 0.2) is 59.5 Å². The molecule has 0 radical (unpaired) electrons. The van der Waals surface area contributed by atoms with Crippen molar-refractivity contribution in [3.05, 3.63) is 71.2 Å². The molecule has 4 heteroatoms. The maximum atomic E-state index is 10.3. The lowest BCUT2D eigenvalue weighted by atomic mass is 9.63. The molecule has 2 heterocycles. The predicted molar refractivity (Wildman–Crippen MR) is 111 cm³/mol. The van der Waals surface area contributed by atoms with Crippen LogP contribution in [0.3, 0.4) is 0 Å². The Morgan fingerprint density at radius 1 is 1.31 bits per heavy atom. The molecule has 0 saturated carbocycles. The standard InChI is InChI=1S/C25H31NO3/c1-17-14-20(28-3)24-22-23(17)26(2,16-18-8-5-4-6-9-18)13-7-11-25(22)12-10-19(27)15-21(25)29-24/h4-6,8-10,12,19,21-22,24,27H,7,11,13,15-16H2,1-3H3/q+2/t19-,21+,22?,24?,25+,26?/m1/s1. The van der Waals surface area contributed by atoms with Crippen LogP contribution in [0.25, 0.3) is 0 Å². The first-order valence-electron chi connectivity index (χ1n) is 10.8. The molecule has 6 atom stereocenters. The van der Waals surface area contributed by atoms with Crippen LogP contribution in [0.4, 0.5) is 0 Å². The Morgan fingerprint density at radius 2 is 2.10 bits per heavy atom. The van der Waals surface area contributed by atoms with Crippen molar-refractivity contribution in [1.29, 1.82) is 0 Å². The van der Waals surface area contributed by atoms with E-state index in [9.17, 15) is 5.11 Å². The van der Waals surface area contributed by atoms with Crippen LogP contribution in [-0.4, -0.2) is 48.6 Å². The number of allylic oxidation sites excluding steroid dienone is 2. The fourth-order valence-corrected chi connectivity index (χ4v) is 6.42. The van der Waals surface area contributed by atoms with Crippen LogP contribution >= 0.6 is 0 Å². The van der Waals surface area contributed by atoms with Crippen LogP contribution in [0.1, 0.15) is 31.7 Å². The van der Waals surface area contributed by atoms with Crippen molar-refractivity contribution < 1.29 is 19.1 Å². The van der Waals surface area contributed by atoms with E-state index in [1.165, 1.54) is 16.8 Å². The van der Waals surface area contributed by atoms with Crippen molar-refractivity contribution in [2.75, 3.05) is 20.7 Å². The van der Waals surface area contributed by atoms with Gasteiger partial charge in [-0.05, 0) is 12.8 Å². The zero-order valence-corrected chi connectivity index (χ0v) is 17.6. The lowest BCUT2D eigenvalue weighted by Gasteiger charge is -2.38. The minimum Gasteiger partial charge on any atom is -0.474 e. The van der Waals surface area contributed by atoms with Crippen LogP contribution < -0.4 is 0 Å². The topological polar surface area (TPSA) is 38.7 Å². The quantitative estimate of drug-likeness (QED) is 0.483. The highest BCUT2D eigenvalue weighted by Crippen LogP contribution is 2.60. The van der Waals surface area contributed by atoms with Gasteiger partial charge in [0.15, 0.2) is 12.2 Å². The fourth-order valence-electron chi connectivity index (χ4n) is 6.42. The van der Waals surface area contributed by atoms with E-state index in [2.05, 4.69) is 56.5 Å². The van der Waals surface area contributed by atoms with Gasteiger partial charge in [0.05, 0.1) is 32.9 Å². The minimum atomic E-state index is -0.424. The van der Waals surface area contributed by atoms with Crippen molar-refractivity contribution in [1.82, 2.24) is 0 Å². The second-order valence-corrected chi connectivity index (χ2v) is 9.37. The van der Waals surface area contributed by atoms with Gasteiger partial charge in [0.25, 0.3) is 11.5 Å². The number of methoxy groups -OCH3 is 1. The SMILES string of the molecule is COC1=[C+]C(C)=C2C3C1O[C@H]1C[C@H](O)C=C[C@]31CCC[N+]2(C)Cc1ccccc1. The summed E-state index contributed by atoms with van der Waals surface area (Å²) in [6.07, 6.45) is 10.2. The Balaban J connectivity index is 1.66. The minimum absolute atomic E-state index is 0.0219. The molecule has 29 heavy (non-hydrogen) atoms. The van der Waals surface area contributed by atoms with Crippen molar-refractivity contribution in [2.45, 2.75) is 51.0 Å². The third-order valence-corrected chi connectivity index (χ3v) is 7.56. The number of likely N-dealkylation sites (tertiary alicyclic amines) is 1. The Labute approximate surface area is 173 Å². The molecule has 4 nitrogen and oxygen atoms in total. The molecule has 1 spiro atoms. The summed E-state index contributed by atoms with van der Waals surface area (Å²) in [6.45, 7) is 4.24. The molecule has 2 saturated heterocycles. The van der Waals surface area contributed by atoms with Crippen LogP contribution in [0, 0.1) is 17.4 Å². The Bertz CT molecular complexity index is 889. The number of rotatable bonds is 3. The van der Waals surface area contributed by atoms with Crippen LogP contribution in [-0.2, 0) is 16.0 Å². The molecule has 152 valence electrons. The van der Waals surface area contributed by atoms with Gasteiger partial charge in [0.1, 0.15) is 12.5 Å². The molecule has 0 amide bonds. The van der Waals surface area contributed by atoms with E-state index in [4.69, 9.17) is 9.47 Å². The van der Waals surface area contributed by atoms with Crippen molar-refractivity contribution in [3.8, 4) is 0 Å². The van der Waals surface area contributed by atoms with Gasteiger partial charge < -0.3 is 14.6 Å². The van der Waals surface area contributed by atoms with Crippen LogP contribution in [0.5, 0.6) is 0 Å². The van der Waals surface area contributed by atoms with E-state index in [1.807, 2.05) is 6.08 Å². The zero-order valence-electron chi connectivity index (χ0n) is 17.6. The van der Waals surface area contributed by atoms with Gasteiger partial charge in [-0.25, -0.2) is 4.48 Å². The zero-order chi connectivity index (χ0) is 20.2. The average molecular weight is 394 g/mol. The molecule has 1 N–H and O–H groups in total.